The van der Waals surface area contributed by atoms with E-state index in [0.717, 1.165) is 16.6 Å². The van der Waals surface area contributed by atoms with E-state index in [1.54, 1.807) is 24.3 Å². The number of amides is 1. The molecule has 0 fully saturated rings. The molecule has 6 heteroatoms. The minimum Gasteiger partial charge on any atom is -0.359 e. The maximum atomic E-state index is 12.4. The SMILES string of the molecule is CCN=C(NC(=O)c1ccc(Cl)cc1)Nc1c[nH]c2ccccc12. The van der Waals surface area contributed by atoms with Gasteiger partial charge in [0.25, 0.3) is 5.91 Å². The number of guanidine groups is 1. The second kappa shape index (κ2) is 7.19. The van der Waals surface area contributed by atoms with Crippen molar-refractivity contribution < 1.29 is 4.79 Å². The van der Waals surface area contributed by atoms with Crippen molar-refractivity contribution in [3.05, 3.63) is 65.3 Å². The zero-order valence-corrected chi connectivity index (χ0v) is 13.9. The van der Waals surface area contributed by atoms with E-state index in [0.29, 0.717) is 23.1 Å². The van der Waals surface area contributed by atoms with Crippen molar-refractivity contribution in [1.82, 2.24) is 10.3 Å². The lowest BCUT2D eigenvalue weighted by Gasteiger charge is -2.11. The number of rotatable bonds is 3. The van der Waals surface area contributed by atoms with Crippen LogP contribution >= 0.6 is 11.6 Å². The van der Waals surface area contributed by atoms with Crippen LogP contribution in [0.15, 0.2) is 59.7 Å². The van der Waals surface area contributed by atoms with Crippen molar-refractivity contribution in [2.45, 2.75) is 6.92 Å². The molecular formula is C18H17ClN4O. The summed E-state index contributed by atoms with van der Waals surface area (Å²) in [5.74, 6) is 0.161. The van der Waals surface area contributed by atoms with E-state index in [2.05, 4.69) is 20.6 Å². The summed E-state index contributed by atoms with van der Waals surface area (Å²) in [5.41, 5.74) is 2.39. The molecule has 3 aromatic rings. The van der Waals surface area contributed by atoms with Crippen LogP contribution < -0.4 is 10.6 Å². The number of halogens is 1. The summed E-state index contributed by atoms with van der Waals surface area (Å²) in [4.78, 5) is 19.9. The molecular weight excluding hydrogens is 324 g/mol. The highest BCUT2D eigenvalue weighted by molar-refractivity contribution is 6.30. The van der Waals surface area contributed by atoms with Gasteiger partial charge in [0.05, 0.1) is 5.69 Å². The third kappa shape index (κ3) is 3.58. The minimum atomic E-state index is -0.244. The average molecular weight is 341 g/mol. The molecule has 3 N–H and O–H groups in total. The number of para-hydroxylation sites is 1. The number of anilines is 1. The van der Waals surface area contributed by atoms with E-state index in [9.17, 15) is 4.79 Å². The molecule has 0 aliphatic heterocycles. The van der Waals surface area contributed by atoms with E-state index in [1.807, 2.05) is 37.4 Å². The zero-order valence-electron chi connectivity index (χ0n) is 13.1. The lowest BCUT2D eigenvalue weighted by Crippen LogP contribution is -2.36. The van der Waals surface area contributed by atoms with Gasteiger partial charge in [-0.2, -0.15) is 0 Å². The molecule has 0 atom stereocenters. The summed E-state index contributed by atoms with van der Waals surface area (Å²) in [6.07, 6.45) is 1.85. The Morgan fingerprint density at radius 2 is 1.92 bits per heavy atom. The Bertz CT molecular complexity index is 883. The molecule has 2 aromatic carbocycles. The Balaban J connectivity index is 1.79. The molecule has 24 heavy (non-hydrogen) atoms. The second-order valence-corrected chi connectivity index (χ2v) is 5.59. The molecule has 0 bridgehead atoms. The van der Waals surface area contributed by atoms with Crippen molar-refractivity contribution >= 4 is 40.1 Å². The maximum absolute atomic E-state index is 12.4. The highest BCUT2D eigenvalue weighted by atomic mass is 35.5. The number of H-pyrrole nitrogens is 1. The van der Waals surface area contributed by atoms with Gasteiger partial charge in [0.1, 0.15) is 0 Å². The summed E-state index contributed by atoms with van der Waals surface area (Å²) < 4.78 is 0. The third-order valence-electron chi connectivity index (χ3n) is 3.50. The van der Waals surface area contributed by atoms with E-state index >= 15 is 0 Å². The molecule has 0 spiro atoms. The molecule has 1 heterocycles. The van der Waals surface area contributed by atoms with Crippen molar-refractivity contribution in [3.63, 3.8) is 0 Å². The van der Waals surface area contributed by atoms with Crippen molar-refractivity contribution in [3.8, 4) is 0 Å². The number of aromatic amines is 1. The summed E-state index contributed by atoms with van der Waals surface area (Å²) in [6.45, 7) is 2.46. The van der Waals surface area contributed by atoms with E-state index in [1.165, 1.54) is 0 Å². The topological polar surface area (TPSA) is 69.3 Å². The van der Waals surface area contributed by atoms with Crippen LogP contribution in [0.5, 0.6) is 0 Å². The highest BCUT2D eigenvalue weighted by Crippen LogP contribution is 2.22. The van der Waals surface area contributed by atoms with Crippen molar-refractivity contribution in [2.75, 3.05) is 11.9 Å². The van der Waals surface area contributed by atoms with Gasteiger partial charge in [-0.25, -0.2) is 0 Å². The van der Waals surface area contributed by atoms with Gasteiger partial charge in [-0.1, -0.05) is 29.8 Å². The average Bonchev–Trinajstić information content (AvgIpc) is 2.99. The van der Waals surface area contributed by atoms with Crippen LogP contribution in [0, 0.1) is 0 Å². The van der Waals surface area contributed by atoms with Crippen LogP contribution in [0.25, 0.3) is 10.9 Å². The largest absolute Gasteiger partial charge is 0.359 e. The van der Waals surface area contributed by atoms with E-state index < -0.39 is 0 Å². The molecule has 0 radical (unpaired) electrons. The number of fused-ring (bicyclic) bond motifs is 1. The first kappa shape index (κ1) is 16.1. The summed E-state index contributed by atoms with van der Waals surface area (Å²) >= 11 is 5.85. The molecule has 0 saturated heterocycles. The van der Waals surface area contributed by atoms with Gasteiger partial charge in [0.2, 0.25) is 5.96 Å². The lowest BCUT2D eigenvalue weighted by atomic mass is 10.2. The number of aliphatic imine (C=N–C) groups is 1. The monoisotopic (exact) mass is 340 g/mol. The molecule has 0 aliphatic rings. The van der Waals surface area contributed by atoms with Crippen LogP contribution in [0.4, 0.5) is 5.69 Å². The fraction of sp³-hybridized carbons (Fsp3) is 0.111. The number of hydrogen-bond acceptors (Lipinski definition) is 2. The Hall–Kier alpha value is -2.79. The Kier molecular flexibility index (Phi) is 4.82. The maximum Gasteiger partial charge on any atom is 0.257 e. The van der Waals surface area contributed by atoms with Crippen LogP contribution in [0.1, 0.15) is 17.3 Å². The predicted molar refractivity (Wildman–Crippen MR) is 98.8 cm³/mol. The molecule has 1 amide bonds. The number of benzene rings is 2. The van der Waals surface area contributed by atoms with Crippen LogP contribution in [-0.4, -0.2) is 23.4 Å². The molecule has 0 unspecified atom stereocenters. The Labute approximate surface area is 144 Å². The van der Waals surface area contributed by atoms with Crippen LogP contribution in [0.2, 0.25) is 5.02 Å². The summed E-state index contributed by atoms with van der Waals surface area (Å²) in [5, 5.41) is 7.59. The molecule has 3 rings (SSSR count). The third-order valence-corrected chi connectivity index (χ3v) is 3.75. The van der Waals surface area contributed by atoms with Crippen LogP contribution in [0.3, 0.4) is 0 Å². The molecule has 0 saturated carbocycles. The number of carbonyl (C=O) groups is 1. The highest BCUT2D eigenvalue weighted by Gasteiger charge is 2.11. The number of aromatic nitrogens is 1. The quantitative estimate of drug-likeness (QED) is 0.497. The van der Waals surface area contributed by atoms with Gasteiger partial charge < -0.3 is 10.3 Å². The number of nitrogens with one attached hydrogen (secondary N) is 3. The first-order chi connectivity index (χ1) is 11.7. The second-order valence-electron chi connectivity index (χ2n) is 5.16. The summed E-state index contributed by atoms with van der Waals surface area (Å²) in [6, 6.07) is 14.6. The van der Waals surface area contributed by atoms with Gasteiger partial charge in [0, 0.05) is 34.2 Å². The van der Waals surface area contributed by atoms with E-state index in [-0.39, 0.29) is 5.91 Å². The molecule has 122 valence electrons. The number of nitrogens with zero attached hydrogens (tertiary/aromatic N) is 1. The molecule has 5 nitrogen and oxygen atoms in total. The van der Waals surface area contributed by atoms with Crippen molar-refractivity contribution in [2.24, 2.45) is 4.99 Å². The predicted octanol–water partition coefficient (Wildman–Crippen LogP) is 4.04. The Morgan fingerprint density at radius 1 is 1.17 bits per heavy atom. The minimum absolute atomic E-state index is 0.244. The smallest absolute Gasteiger partial charge is 0.257 e. The lowest BCUT2D eigenvalue weighted by molar-refractivity contribution is 0.0977. The van der Waals surface area contributed by atoms with Crippen LogP contribution in [-0.2, 0) is 0 Å². The van der Waals surface area contributed by atoms with Gasteiger partial charge in [-0.05, 0) is 37.3 Å². The fourth-order valence-electron chi connectivity index (χ4n) is 2.35. The summed E-state index contributed by atoms with van der Waals surface area (Å²) in [7, 11) is 0. The van der Waals surface area contributed by atoms with Gasteiger partial charge in [0.15, 0.2) is 0 Å². The first-order valence-corrected chi connectivity index (χ1v) is 7.99. The standard InChI is InChI=1S/C18H17ClN4O/c1-2-20-18(23-17(24)12-7-9-13(19)10-8-12)22-16-11-21-15-6-4-3-5-14(15)16/h3-11,21H,2H2,1H3,(H2,20,22,23,24). The normalized spacial score (nSPS) is 11.5. The van der Waals surface area contributed by atoms with E-state index in [4.69, 9.17) is 11.6 Å². The molecule has 1 aromatic heterocycles. The number of carbonyl (C=O) groups excluding carboxylic acids is 1. The molecule has 0 aliphatic carbocycles. The zero-order chi connectivity index (χ0) is 16.9. The van der Waals surface area contributed by atoms with Crippen molar-refractivity contribution in [1.29, 1.82) is 0 Å². The number of hydrogen-bond donors (Lipinski definition) is 3. The van der Waals surface area contributed by atoms with Gasteiger partial charge >= 0.3 is 0 Å². The fourth-order valence-corrected chi connectivity index (χ4v) is 2.48. The van der Waals surface area contributed by atoms with Gasteiger partial charge in [-0.3, -0.25) is 15.1 Å². The first-order valence-electron chi connectivity index (χ1n) is 7.62. The van der Waals surface area contributed by atoms with Gasteiger partial charge in [-0.15, -0.1) is 0 Å². The Morgan fingerprint density at radius 3 is 2.67 bits per heavy atom.